The maximum absolute atomic E-state index is 12.0. The average Bonchev–Trinajstić information content (AvgIpc) is 3.27. The number of nitrogens with zero attached hydrogens (tertiary/aromatic N) is 2. The number of hydrogen-bond acceptors (Lipinski definition) is 6. The van der Waals surface area contributed by atoms with Crippen LogP contribution in [0.2, 0.25) is 0 Å². The first-order valence-electron chi connectivity index (χ1n) is 11.3. The van der Waals surface area contributed by atoms with Crippen molar-refractivity contribution in [3.8, 4) is 0 Å². The Kier molecular flexibility index (Phi) is 8.23. The first-order chi connectivity index (χ1) is 16.6. The highest BCUT2D eigenvalue weighted by Crippen LogP contribution is 2.39. The van der Waals surface area contributed by atoms with Crippen LogP contribution in [0.1, 0.15) is 42.4 Å². The van der Waals surface area contributed by atoms with E-state index >= 15 is 0 Å². The van der Waals surface area contributed by atoms with Crippen molar-refractivity contribution < 1.29 is 19.4 Å². The Morgan fingerprint density at radius 2 is 2.03 bits per heavy atom. The van der Waals surface area contributed by atoms with Crippen LogP contribution >= 0.6 is 11.8 Å². The highest BCUT2D eigenvalue weighted by Gasteiger charge is 2.32. The van der Waals surface area contributed by atoms with Gasteiger partial charge in [0.05, 0.1) is 18.8 Å². The fraction of sp³-hybridized carbons (Fsp3) is 0.360. The lowest BCUT2D eigenvalue weighted by molar-refractivity contribution is -0.245. The van der Waals surface area contributed by atoms with Gasteiger partial charge in [-0.15, -0.1) is 0 Å². The Morgan fingerprint density at radius 1 is 1.21 bits per heavy atom. The molecule has 0 aliphatic carbocycles. The Morgan fingerprint density at radius 3 is 2.74 bits per heavy atom. The lowest BCUT2D eigenvalue weighted by atomic mass is 10.0. The smallest absolute Gasteiger partial charge is 0.319 e. The van der Waals surface area contributed by atoms with Gasteiger partial charge in [-0.25, -0.2) is 9.78 Å². The lowest BCUT2D eigenvalue weighted by Crippen LogP contribution is -2.31. The number of aliphatic hydroxyl groups is 1. The minimum absolute atomic E-state index is 0.00582. The number of hydrogen-bond donors (Lipinski definition) is 3. The fourth-order valence-corrected chi connectivity index (χ4v) is 4.73. The van der Waals surface area contributed by atoms with Crippen molar-refractivity contribution in [3.63, 3.8) is 0 Å². The van der Waals surface area contributed by atoms with Gasteiger partial charge in [0.1, 0.15) is 0 Å². The predicted molar refractivity (Wildman–Crippen MR) is 131 cm³/mol. The van der Waals surface area contributed by atoms with Crippen LogP contribution in [-0.4, -0.2) is 39.1 Å². The van der Waals surface area contributed by atoms with Crippen LogP contribution < -0.4 is 10.6 Å². The summed E-state index contributed by atoms with van der Waals surface area (Å²) in [6.07, 6.45) is 3.59. The van der Waals surface area contributed by atoms with Gasteiger partial charge < -0.3 is 29.8 Å². The molecule has 8 nitrogen and oxygen atoms in total. The molecule has 9 heteroatoms. The van der Waals surface area contributed by atoms with E-state index < -0.39 is 6.29 Å². The lowest BCUT2D eigenvalue weighted by Gasteiger charge is -2.36. The largest absolute Gasteiger partial charge is 0.392 e. The van der Waals surface area contributed by atoms with Gasteiger partial charge in [0, 0.05) is 49.4 Å². The van der Waals surface area contributed by atoms with E-state index in [1.54, 1.807) is 18.0 Å². The van der Waals surface area contributed by atoms with Gasteiger partial charge in [0.25, 0.3) is 0 Å². The highest BCUT2D eigenvalue weighted by molar-refractivity contribution is 7.99. The molecule has 3 unspecified atom stereocenters. The summed E-state index contributed by atoms with van der Waals surface area (Å²) in [5.74, 6) is 0.729. The molecule has 34 heavy (non-hydrogen) atoms. The van der Waals surface area contributed by atoms with E-state index in [-0.39, 0.29) is 24.8 Å². The van der Waals surface area contributed by atoms with E-state index in [2.05, 4.69) is 15.6 Å². The van der Waals surface area contributed by atoms with Crippen LogP contribution in [0.5, 0.6) is 0 Å². The van der Waals surface area contributed by atoms with Crippen LogP contribution in [0.15, 0.2) is 66.1 Å². The summed E-state index contributed by atoms with van der Waals surface area (Å²) in [4.78, 5) is 16.4. The molecule has 3 aromatic rings. The van der Waals surface area contributed by atoms with Crippen molar-refractivity contribution in [1.82, 2.24) is 14.9 Å². The normalized spacial score (nSPS) is 20.1. The molecule has 3 N–H and O–H groups in total. The summed E-state index contributed by atoms with van der Waals surface area (Å²) in [5, 5.41) is 15.9. The molecule has 0 spiro atoms. The molecule has 1 fully saturated rings. The second-order valence-electron chi connectivity index (χ2n) is 8.09. The van der Waals surface area contributed by atoms with Crippen LogP contribution in [0, 0.1) is 0 Å². The van der Waals surface area contributed by atoms with Crippen molar-refractivity contribution in [2.75, 3.05) is 17.6 Å². The number of urea groups is 1. The van der Waals surface area contributed by atoms with Crippen LogP contribution in [0.25, 0.3) is 0 Å². The van der Waals surface area contributed by atoms with E-state index in [4.69, 9.17) is 9.47 Å². The Balaban J connectivity index is 1.53. The number of aliphatic hydroxyl groups excluding tert-OH is 1. The number of amides is 2. The number of ether oxygens (including phenoxy) is 2. The average molecular weight is 483 g/mol. The number of anilines is 1. The van der Waals surface area contributed by atoms with Crippen LogP contribution in [0.4, 0.5) is 10.5 Å². The third kappa shape index (κ3) is 6.18. The molecule has 180 valence electrons. The number of aromatic nitrogens is 2. The summed E-state index contributed by atoms with van der Waals surface area (Å²) in [6.45, 7) is 2.42. The molecule has 0 radical (unpaired) electrons. The first kappa shape index (κ1) is 24.3. The summed E-state index contributed by atoms with van der Waals surface area (Å²) < 4.78 is 14.7. The minimum atomic E-state index is -0.584. The quantitative estimate of drug-likeness (QED) is 0.412. The fourth-order valence-electron chi connectivity index (χ4n) is 3.78. The van der Waals surface area contributed by atoms with Gasteiger partial charge in [-0.2, -0.15) is 0 Å². The van der Waals surface area contributed by atoms with E-state index in [1.807, 2.05) is 73.3 Å². The molecule has 4 rings (SSSR count). The standard InChI is InChI=1S/C25H30N4O4S/c1-3-26-24(31)28-20-6-4-5-19(13-20)23-32-21(16-34-25-27-11-12-29(25)2)14-22(33-23)18-9-7-17(15-30)8-10-18/h4-13,21-23,30H,3,14-16H2,1-2H3,(H2,26,28,31). The van der Waals surface area contributed by atoms with Crippen LogP contribution in [0.3, 0.4) is 0 Å². The minimum Gasteiger partial charge on any atom is -0.392 e. The van der Waals surface area contributed by atoms with Crippen molar-refractivity contribution >= 4 is 23.5 Å². The first-order valence-corrected chi connectivity index (χ1v) is 12.3. The van der Waals surface area contributed by atoms with Crippen molar-refractivity contribution in [3.05, 3.63) is 77.6 Å². The molecular weight excluding hydrogens is 452 g/mol. The van der Waals surface area contributed by atoms with Crippen LogP contribution in [-0.2, 0) is 23.1 Å². The molecule has 2 amide bonds. The summed E-state index contributed by atoms with van der Waals surface area (Å²) in [5.41, 5.74) is 3.40. The second-order valence-corrected chi connectivity index (χ2v) is 9.08. The van der Waals surface area contributed by atoms with Crippen molar-refractivity contribution in [1.29, 1.82) is 0 Å². The molecule has 1 aromatic heterocycles. The van der Waals surface area contributed by atoms with E-state index in [0.29, 0.717) is 18.7 Å². The highest BCUT2D eigenvalue weighted by atomic mass is 32.2. The van der Waals surface area contributed by atoms with Gasteiger partial charge in [-0.3, -0.25) is 0 Å². The van der Waals surface area contributed by atoms with Gasteiger partial charge >= 0.3 is 6.03 Å². The van der Waals surface area contributed by atoms with Gasteiger partial charge in [0.2, 0.25) is 0 Å². The molecule has 2 heterocycles. The molecule has 2 aromatic carbocycles. The molecule has 3 atom stereocenters. The summed E-state index contributed by atoms with van der Waals surface area (Å²) in [7, 11) is 1.97. The maximum Gasteiger partial charge on any atom is 0.319 e. The second kappa shape index (κ2) is 11.5. The number of thioether (sulfide) groups is 1. The van der Waals surface area contributed by atoms with Gasteiger partial charge in [-0.05, 0) is 30.2 Å². The number of aryl methyl sites for hydroxylation is 1. The SMILES string of the molecule is CCNC(=O)Nc1cccc(C2OC(CSc3nccn3C)CC(c3ccc(CO)cc3)O2)c1. The number of benzene rings is 2. The molecular formula is C25H30N4O4S. The maximum atomic E-state index is 12.0. The zero-order chi connectivity index (χ0) is 23.9. The molecule has 1 aliphatic heterocycles. The van der Waals surface area contributed by atoms with Crippen molar-refractivity contribution in [2.45, 2.75) is 43.6 Å². The third-order valence-electron chi connectivity index (χ3n) is 5.54. The predicted octanol–water partition coefficient (Wildman–Crippen LogP) is 4.39. The molecule has 1 aliphatic rings. The van der Waals surface area contributed by atoms with E-state index in [0.717, 1.165) is 27.6 Å². The number of rotatable bonds is 8. The van der Waals surface area contributed by atoms with E-state index in [1.165, 1.54) is 0 Å². The molecule has 1 saturated heterocycles. The summed E-state index contributed by atoms with van der Waals surface area (Å²) >= 11 is 1.65. The zero-order valence-corrected chi connectivity index (χ0v) is 20.1. The third-order valence-corrected chi connectivity index (χ3v) is 6.73. The van der Waals surface area contributed by atoms with Crippen molar-refractivity contribution in [2.24, 2.45) is 7.05 Å². The number of carbonyl (C=O) groups is 1. The Bertz CT molecular complexity index is 1090. The van der Waals surface area contributed by atoms with Gasteiger partial charge in [-0.1, -0.05) is 48.2 Å². The summed E-state index contributed by atoms with van der Waals surface area (Å²) in [6, 6.07) is 15.1. The number of nitrogens with one attached hydrogen (secondary N) is 2. The topological polar surface area (TPSA) is 97.6 Å². The monoisotopic (exact) mass is 482 g/mol. The number of imidazole rings is 1. The molecule has 0 bridgehead atoms. The zero-order valence-electron chi connectivity index (χ0n) is 19.3. The molecule has 0 saturated carbocycles. The number of carbonyl (C=O) groups excluding carboxylic acids is 1. The Labute approximate surface area is 203 Å². The van der Waals surface area contributed by atoms with Gasteiger partial charge in [0.15, 0.2) is 11.4 Å². The Hall–Kier alpha value is -2.85. The van der Waals surface area contributed by atoms with E-state index in [9.17, 15) is 9.90 Å².